The van der Waals surface area contributed by atoms with Crippen LogP contribution in [0.2, 0.25) is 0 Å². The van der Waals surface area contributed by atoms with Gasteiger partial charge in [0.1, 0.15) is 0 Å². The normalized spacial score (nSPS) is 24.6. The van der Waals surface area contributed by atoms with Crippen molar-refractivity contribution in [3.05, 3.63) is 0 Å². The zero-order chi connectivity index (χ0) is 10.6. The zero-order valence-corrected chi connectivity index (χ0v) is 9.16. The van der Waals surface area contributed by atoms with Gasteiger partial charge in [0.05, 0.1) is 17.6 Å². The summed E-state index contributed by atoms with van der Waals surface area (Å²) in [5, 5.41) is 18.3. The lowest BCUT2D eigenvalue weighted by atomic mass is 9.91. The Labute approximate surface area is 86.3 Å². The van der Waals surface area contributed by atoms with Gasteiger partial charge in [-0.05, 0) is 46.2 Å². The second-order valence-corrected chi connectivity index (χ2v) is 4.84. The van der Waals surface area contributed by atoms with Crippen molar-refractivity contribution in [3.63, 3.8) is 0 Å². The summed E-state index contributed by atoms with van der Waals surface area (Å²) in [5.74, 6) is 0. The first-order chi connectivity index (χ1) is 6.53. The molecular weight excluding hydrogens is 176 g/mol. The van der Waals surface area contributed by atoms with Crippen LogP contribution in [0.3, 0.4) is 0 Å². The summed E-state index contributed by atoms with van der Waals surface area (Å²) in [5.41, 5.74) is -0.234. The summed E-state index contributed by atoms with van der Waals surface area (Å²) in [6, 6.07) is 2.30. The first-order valence-electron chi connectivity index (χ1n) is 5.35. The van der Waals surface area contributed by atoms with Crippen molar-refractivity contribution < 1.29 is 5.11 Å². The highest BCUT2D eigenvalue weighted by Gasteiger charge is 2.21. The second kappa shape index (κ2) is 4.77. The molecule has 1 fully saturated rings. The molecule has 14 heavy (non-hydrogen) atoms. The van der Waals surface area contributed by atoms with Crippen molar-refractivity contribution in [2.75, 3.05) is 19.6 Å². The molecule has 3 heteroatoms. The predicted molar refractivity (Wildman–Crippen MR) is 55.7 cm³/mol. The molecule has 0 amide bonds. The van der Waals surface area contributed by atoms with Crippen LogP contribution in [-0.2, 0) is 0 Å². The maximum absolute atomic E-state index is 9.46. The van der Waals surface area contributed by atoms with Crippen LogP contribution in [0.25, 0.3) is 0 Å². The summed E-state index contributed by atoms with van der Waals surface area (Å²) in [6.45, 7) is 6.71. The van der Waals surface area contributed by atoms with Gasteiger partial charge in [-0.3, -0.25) is 0 Å². The van der Waals surface area contributed by atoms with E-state index in [4.69, 9.17) is 5.26 Å². The van der Waals surface area contributed by atoms with Crippen LogP contribution in [0, 0.1) is 16.7 Å². The second-order valence-electron chi connectivity index (χ2n) is 4.84. The summed E-state index contributed by atoms with van der Waals surface area (Å²) in [4.78, 5) is 2.26. The molecule has 0 aromatic rings. The Kier molecular flexibility index (Phi) is 3.91. The van der Waals surface area contributed by atoms with E-state index in [1.807, 2.05) is 13.8 Å². The van der Waals surface area contributed by atoms with Gasteiger partial charge >= 0.3 is 0 Å². The Balaban J connectivity index is 2.28. The Hall–Kier alpha value is -0.590. The number of piperidine rings is 1. The number of β-amino-alcohol motifs (C(OH)–C–C–N with tert-alkyl or cyclic N) is 1. The third kappa shape index (κ3) is 3.65. The Morgan fingerprint density at radius 3 is 2.86 bits per heavy atom. The molecule has 1 heterocycles. The predicted octanol–water partition coefficient (Wildman–Crippen LogP) is 1.38. The van der Waals surface area contributed by atoms with E-state index < -0.39 is 0 Å². The fourth-order valence-corrected chi connectivity index (χ4v) is 1.73. The Morgan fingerprint density at radius 1 is 1.57 bits per heavy atom. The molecule has 0 saturated carbocycles. The molecule has 3 nitrogen and oxygen atoms in total. The molecule has 80 valence electrons. The first kappa shape index (κ1) is 11.5. The average molecular weight is 196 g/mol. The van der Waals surface area contributed by atoms with Crippen LogP contribution in [0.1, 0.15) is 33.1 Å². The fraction of sp³-hybridized carbons (Fsp3) is 0.909. The molecule has 0 aromatic heterocycles. The summed E-state index contributed by atoms with van der Waals surface area (Å²) in [7, 11) is 0. The fourth-order valence-electron chi connectivity index (χ4n) is 1.73. The van der Waals surface area contributed by atoms with E-state index in [-0.39, 0.29) is 11.5 Å². The highest BCUT2D eigenvalue weighted by atomic mass is 16.3. The number of nitriles is 1. The number of hydrogen-bond donors (Lipinski definition) is 1. The van der Waals surface area contributed by atoms with Crippen molar-refractivity contribution in [2.24, 2.45) is 5.41 Å². The molecular formula is C11H20N2O. The number of nitrogens with zero attached hydrogens (tertiary/aromatic N) is 2. The molecule has 1 rings (SSSR count). The summed E-state index contributed by atoms with van der Waals surface area (Å²) >= 11 is 0. The van der Waals surface area contributed by atoms with Crippen LogP contribution in [0.4, 0.5) is 0 Å². The van der Waals surface area contributed by atoms with Gasteiger partial charge < -0.3 is 10.0 Å². The minimum Gasteiger partial charge on any atom is -0.392 e. The molecule has 1 atom stereocenters. The van der Waals surface area contributed by atoms with Crippen LogP contribution >= 0.6 is 0 Å². The van der Waals surface area contributed by atoms with Crippen molar-refractivity contribution in [2.45, 2.75) is 39.2 Å². The van der Waals surface area contributed by atoms with E-state index in [2.05, 4.69) is 11.0 Å². The number of likely N-dealkylation sites (tertiary alicyclic amines) is 1. The van der Waals surface area contributed by atoms with E-state index in [0.717, 1.165) is 38.9 Å². The maximum Gasteiger partial charge on any atom is 0.0684 e. The smallest absolute Gasteiger partial charge is 0.0684 e. The lowest BCUT2D eigenvalue weighted by molar-refractivity contribution is 0.0664. The van der Waals surface area contributed by atoms with Gasteiger partial charge in [0.2, 0.25) is 0 Å². The van der Waals surface area contributed by atoms with Gasteiger partial charge in [-0.25, -0.2) is 0 Å². The Bertz CT molecular complexity index is 220. The van der Waals surface area contributed by atoms with Crippen LogP contribution in [-0.4, -0.2) is 35.7 Å². The molecule has 0 spiro atoms. The maximum atomic E-state index is 9.46. The van der Waals surface area contributed by atoms with E-state index in [1.165, 1.54) is 0 Å². The minimum atomic E-state index is -0.234. The van der Waals surface area contributed by atoms with Crippen LogP contribution in [0.15, 0.2) is 0 Å². The van der Waals surface area contributed by atoms with Gasteiger partial charge in [-0.15, -0.1) is 0 Å². The standard InChI is InChI=1S/C11H20N2O/c1-11(2,9-12)5-7-13-6-3-4-10(14)8-13/h10,14H,3-8H2,1-2H3/t10-/m0/s1. The van der Waals surface area contributed by atoms with E-state index in [0.29, 0.717) is 0 Å². The van der Waals surface area contributed by atoms with E-state index in [1.54, 1.807) is 0 Å². The van der Waals surface area contributed by atoms with E-state index >= 15 is 0 Å². The number of aliphatic hydroxyl groups is 1. The molecule has 1 aliphatic heterocycles. The van der Waals surface area contributed by atoms with Crippen molar-refractivity contribution in [1.29, 1.82) is 5.26 Å². The largest absolute Gasteiger partial charge is 0.392 e. The third-order valence-corrected chi connectivity index (χ3v) is 2.84. The van der Waals surface area contributed by atoms with Gasteiger partial charge in [-0.1, -0.05) is 0 Å². The lowest BCUT2D eigenvalue weighted by Crippen LogP contribution is -2.39. The third-order valence-electron chi connectivity index (χ3n) is 2.84. The van der Waals surface area contributed by atoms with Crippen molar-refractivity contribution in [1.82, 2.24) is 4.90 Å². The Morgan fingerprint density at radius 2 is 2.29 bits per heavy atom. The zero-order valence-electron chi connectivity index (χ0n) is 9.16. The quantitative estimate of drug-likeness (QED) is 0.742. The topological polar surface area (TPSA) is 47.3 Å². The minimum absolute atomic E-state index is 0.158. The molecule has 1 aliphatic rings. The average Bonchev–Trinajstić information content (AvgIpc) is 2.15. The molecule has 0 aliphatic carbocycles. The molecule has 0 unspecified atom stereocenters. The SMILES string of the molecule is CC(C)(C#N)CCN1CCC[C@H](O)C1. The molecule has 0 radical (unpaired) electrons. The number of hydrogen-bond acceptors (Lipinski definition) is 3. The molecule has 1 N–H and O–H groups in total. The van der Waals surface area contributed by atoms with E-state index in [9.17, 15) is 5.11 Å². The monoisotopic (exact) mass is 196 g/mol. The van der Waals surface area contributed by atoms with Crippen LogP contribution < -0.4 is 0 Å². The van der Waals surface area contributed by atoms with Crippen molar-refractivity contribution >= 4 is 0 Å². The first-order valence-corrected chi connectivity index (χ1v) is 5.35. The lowest BCUT2D eigenvalue weighted by Gasteiger charge is -2.31. The highest BCUT2D eigenvalue weighted by Crippen LogP contribution is 2.20. The van der Waals surface area contributed by atoms with Crippen LogP contribution in [0.5, 0.6) is 0 Å². The van der Waals surface area contributed by atoms with Gasteiger partial charge in [0.15, 0.2) is 0 Å². The molecule has 1 saturated heterocycles. The molecule has 0 bridgehead atoms. The number of aliphatic hydroxyl groups excluding tert-OH is 1. The van der Waals surface area contributed by atoms with Gasteiger partial charge in [0.25, 0.3) is 0 Å². The number of rotatable bonds is 3. The van der Waals surface area contributed by atoms with Gasteiger partial charge in [-0.2, -0.15) is 5.26 Å². The highest BCUT2D eigenvalue weighted by molar-refractivity contribution is 4.92. The van der Waals surface area contributed by atoms with Gasteiger partial charge in [0, 0.05) is 6.54 Å². The summed E-state index contributed by atoms with van der Waals surface area (Å²) < 4.78 is 0. The van der Waals surface area contributed by atoms with Crippen molar-refractivity contribution in [3.8, 4) is 6.07 Å². The summed E-state index contributed by atoms with van der Waals surface area (Å²) in [6.07, 6.45) is 2.73. The molecule has 0 aromatic carbocycles.